The predicted octanol–water partition coefficient (Wildman–Crippen LogP) is 6.71. The highest BCUT2D eigenvalue weighted by Gasteiger charge is 2.44. The maximum atomic E-state index is 5.87. The monoisotopic (exact) mass is 565 g/mol. The molecule has 0 aliphatic carbocycles. The van der Waals surface area contributed by atoms with Crippen molar-refractivity contribution in [2.45, 2.75) is 19.3 Å². The first kappa shape index (κ1) is 25.3. The van der Waals surface area contributed by atoms with Gasteiger partial charge in [-0.3, -0.25) is 0 Å². The first-order valence-electron chi connectivity index (χ1n) is 11.4. The molecule has 3 aromatic rings. The van der Waals surface area contributed by atoms with Crippen LogP contribution in [0.2, 0.25) is 0 Å². The molecule has 33 heavy (non-hydrogen) atoms. The van der Waals surface area contributed by atoms with Crippen LogP contribution < -0.4 is 20.7 Å². The molecule has 0 spiro atoms. The van der Waals surface area contributed by atoms with E-state index in [1.165, 1.54) is 15.9 Å². The fourth-order valence-corrected chi connectivity index (χ4v) is 8.66. The van der Waals surface area contributed by atoms with Gasteiger partial charge in [-0.05, 0) is 73.9 Å². The minimum atomic E-state index is -1.79. The molecule has 0 amide bonds. The van der Waals surface area contributed by atoms with Crippen LogP contribution in [0.1, 0.15) is 19.3 Å². The summed E-state index contributed by atoms with van der Waals surface area (Å²) in [7, 11) is -1.79. The highest BCUT2D eigenvalue weighted by molar-refractivity contribution is 14.1. The average molecular weight is 565 g/mol. The number of ether oxygens (including phenoxy) is 1. The molecule has 3 aromatic carbocycles. The van der Waals surface area contributed by atoms with Crippen LogP contribution in [0.4, 0.5) is 0 Å². The highest BCUT2D eigenvalue weighted by atomic mass is 127. The largest absolute Gasteiger partial charge is 0.493 e. The van der Waals surface area contributed by atoms with Crippen molar-refractivity contribution in [1.29, 1.82) is 0 Å². The zero-order chi connectivity index (χ0) is 23.2. The SMILES string of the molecule is C#C/C=C\C=C/CCCC[P+](c1ccccc1)(c1ccccc1)c1ccc(OCCI)cc1. The van der Waals surface area contributed by atoms with Crippen LogP contribution in [0.15, 0.2) is 109 Å². The van der Waals surface area contributed by atoms with Crippen molar-refractivity contribution in [3.63, 3.8) is 0 Å². The van der Waals surface area contributed by atoms with Gasteiger partial charge < -0.3 is 4.74 Å². The fraction of sp³-hybridized carbons (Fsp3) is 0.200. The first-order chi connectivity index (χ1) is 16.3. The number of allylic oxidation sites excluding steroid dienone is 4. The Labute approximate surface area is 213 Å². The summed E-state index contributed by atoms with van der Waals surface area (Å²) in [6, 6.07) is 31.0. The number of benzene rings is 3. The second-order valence-corrected chi connectivity index (χ2v) is 12.4. The van der Waals surface area contributed by atoms with Gasteiger partial charge in [-0.1, -0.05) is 83.1 Å². The molecule has 0 bridgehead atoms. The molecule has 168 valence electrons. The van der Waals surface area contributed by atoms with Gasteiger partial charge in [0.2, 0.25) is 0 Å². The van der Waals surface area contributed by atoms with Gasteiger partial charge in [0.1, 0.15) is 28.9 Å². The molecular formula is C30H31IOP+. The van der Waals surface area contributed by atoms with E-state index in [1.54, 1.807) is 6.08 Å². The zero-order valence-electron chi connectivity index (χ0n) is 18.9. The Kier molecular flexibility index (Phi) is 10.8. The molecule has 1 nitrogen and oxygen atoms in total. The van der Waals surface area contributed by atoms with Crippen molar-refractivity contribution in [1.82, 2.24) is 0 Å². The van der Waals surface area contributed by atoms with Gasteiger partial charge in [0.15, 0.2) is 0 Å². The first-order valence-corrected chi connectivity index (χ1v) is 14.9. The Bertz CT molecular complexity index is 1010. The van der Waals surface area contributed by atoms with Crippen LogP contribution in [0.5, 0.6) is 5.75 Å². The Morgan fingerprint density at radius 1 is 0.788 bits per heavy atom. The van der Waals surface area contributed by atoms with Crippen LogP contribution in [0, 0.1) is 12.3 Å². The molecule has 0 saturated carbocycles. The lowest BCUT2D eigenvalue weighted by Gasteiger charge is -2.28. The summed E-state index contributed by atoms with van der Waals surface area (Å²) in [4.78, 5) is 0. The molecule has 0 unspecified atom stereocenters. The van der Waals surface area contributed by atoms with Crippen LogP contribution in [0.25, 0.3) is 0 Å². The number of terminal acetylenes is 1. The summed E-state index contributed by atoms with van der Waals surface area (Å²) in [5.41, 5.74) is 0. The van der Waals surface area contributed by atoms with Gasteiger partial charge in [-0.2, -0.15) is 0 Å². The van der Waals surface area contributed by atoms with E-state index >= 15 is 0 Å². The maximum absolute atomic E-state index is 5.87. The maximum Gasteiger partial charge on any atom is 0.119 e. The fourth-order valence-electron chi connectivity index (χ4n) is 4.05. The molecule has 3 rings (SSSR count). The van der Waals surface area contributed by atoms with E-state index in [2.05, 4.69) is 120 Å². The van der Waals surface area contributed by atoms with Gasteiger partial charge >= 0.3 is 0 Å². The van der Waals surface area contributed by atoms with Crippen LogP contribution in [-0.4, -0.2) is 17.2 Å². The van der Waals surface area contributed by atoms with Gasteiger partial charge in [0, 0.05) is 4.43 Å². The number of hydrogen-bond donors (Lipinski definition) is 0. The third kappa shape index (κ3) is 7.07. The lowest BCUT2D eigenvalue weighted by atomic mass is 10.2. The van der Waals surface area contributed by atoms with E-state index in [-0.39, 0.29) is 0 Å². The summed E-state index contributed by atoms with van der Waals surface area (Å²) in [6.45, 7) is 0.738. The van der Waals surface area contributed by atoms with E-state index in [0.717, 1.165) is 42.2 Å². The van der Waals surface area contributed by atoms with E-state index in [4.69, 9.17) is 11.2 Å². The molecule has 0 N–H and O–H groups in total. The number of rotatable bonds is 12. The Balaban J connectivity index is 1.94. The normalized spacial score (nSPS) is 11.6. The van der Waals surface area contributed by atoms with Crippen molar-refractivity contribution in [2.24, 2.45) is 0 Å². The lowest BCUT2D eigenvalue weighted by molar-refractivity contribution is 0.346. The van der Waals surface area contributed by atoms with E-state index in [1.807, 2.05) is 12.2 Å². The standard InChI is InChI=1S/C30H31IOP/c1-2-3-4-5-6-7-8-15-26-33(28-16-11-9-12-17-28,29-18-13-10-14-19-29)30-22-20-27(21-23-30)32-25-24-31/h1,3-6,9-14,16-23H,7-8,15,24-26H2/q+1/b4-3-,6-5-. The Hall–Kier alpha value is -2.34. The minimum absolute atomic E-state index is 0.738. The van der Waals surface area contributed by atoms with E-state index < -0.39 is 7.26 Å². The molecule has 0 aromatic heterocycles. The van der Waals surface area contributed by atoms with Gasteiger partial charge in [-0.15, -0.1) is 6.42 Å². The Morgan fingerprint density at radius 2 is 1.39 bits per heavy atom. The van der Waals surface area contributed by atoms with Gasteiger partial charge in [0.05, 0.1) is 12.8 Å². The second-order valence-electron chi connectivity index (χ2n) is 7.69. The summed E-state index contributed by atoms with van der Waals surface area (Å²) < 4.78 is 6.85. The van der Waals surface area contributed by atoms with Crippen LogP contribution in [0.3, 0.4) is 0 Å². The topological polar surface area (TPSA) is 9.23 Å². The molecule has 0 saturated heterocycles. The summed E-state index contributed by atoms with van der Waals surface area (Å²) in [5, 5.41) is 4.28. The Morgan fingerprint density at radius 3 is 1.97 bits per heavy atom. The molecule has 0 radical (unpaired) electrons. The van der Waals surface area contributed by atoms with Gasteiger partial charge in [-0.25, -0.2) is 0 Å². The molecule has 0 atom stereocenters. The third-order valence-electron chi connectivity index (χ3n) is 5.57. The zero-order valence-corrected chi connectivity index (χ0v) is 22.0. The number of unbranched alkanes of at least 4 members (excludes halogenated alkanes) is 2. The number of halogens is 1. The summed E-state index contributed by atoms with van der Waals surface area (Å²) >= 11 is 2.34. The molecular weight excluding hydrogens is 534 g/mol. The lowest BCUT2D eigenvalue weighted by Crippen LogP contribution is -2.33. The third-order valence-corrected chi connectivity index (χ3v) is 10.5. The quantitative estimate of drug-likeness (QED) is 0.0593. The molecule has 0 aliphatic heterocycles. The molecule has 0 fully saturated rings. The summed E-state index contributed by atoms with van der Waals surface area (Å²) in [6.07, 6.45) is 17.7. The molecule has 3 heteroatoms. The van der Waals surface area contributed by atoms with Crippen molar-refractivity contribution < 1.29 is 4.74 Å². The number of hydrogen-bond acceptors (Lipinski definition) is 1. The van der Waals surface area contributed by atoms with Crippen molar-refractivity contribution in [3.8, 4) is 18.1 Å². The van der Waals surface area contributed by atoms with E-state index in [9.17, 15) is 0 Å². The van der Waals surface area contributed by atoms with Crippen molar-refractivity contribution >= 4 is 45.8 Å². The van der Waals surface area contributed by atoms with Crippen LogP contribution in [-0.2, 0) is 0 Å². The van der Waals surface area contributed by atoms with Crippen molar-refractivity contribution in [3.05, 3.63) is 109 Å². The predicted molar refractivity (Wildman–Crippen MR) is 155 cm³/mol. The van der Waals surface area contributed by atoms with E-state index in [0.29, 0.717) is 0 Å². The molecule has 0 aliphatic rings. The highest BCUT2D eigenvalue weighted by Crippen LogP contribution is 2.56. The summed E-state index contributed by atoms with van der Waals surface area (Å²) in [5.74, 6) is 3.47. The second kappa shape index (κ2) is 14.0. The van der Waals surface area contributed by atoms with Crippen LogP contribution >= 0.6 is 29.9 Å². The van der Waals surface area contributed by atoms with Crippen molar-refractivity contribution in [2.75, 3.05) is 17.2 Å². The molecule has 0 heterocycles. The smallest absolute Gasteiger partial charge is 0.119 e. The number of alkyl halides is 1. The van der Waals surface area contributed by atoms with Gasteiger partial charge in [0.25, 0.3) is 0 Å². The minimum Gasteiger partial charge on any atom is -0.493 e. The average Bonchev–Trinajstić information content (AvgIpc) is 2.88.